The zero-order valence-electron chi connectivity index (χ0n) is 12.4. The second kappa shape index (κ2) is 7.58. The van der Waals surface area contributed by atoms with Gasteiger partial charge in [0.05, 0.1) is 12.3 Å². The van der Waals surface area contributed by atoms with Crippen molar-refractivity contribution in [1.82, 2.24) is 10.2 Å². The third-order valence-corrected chi connectivity index (χ3v) is 4.72. The Bertz CT molecular complexity index is 570. The lowest BCUT2D eigenvalue weighted by atomic mass is 10.1. The Balaban J connectivity index is 2.03. The topological polar surface area (TPSA) is 28.4 Å². The van der Waals surface area contributed by atoms with Gasteiger partial charge >= 0.3 is 0 Å². The van der Waals surface area contributed by atoms with E-state index in [1.807, 2.05) is 12.1 Å². The average molecular weight is 416 g/mol. The lowest BCUT2D eigenvalue weighted by molar-refractivity contribution is 0.245. The van der Waals surface area contributed by atoms with Crippen molar-refractivity contribution in [2.75, 3.05) is 20.6 Å². The van der Waals surface area contributed by atoms with Crippen LogP contribution in [0.3, 0.4) is 0 Å². The fraction of sp³-hybridized carbons (Fsp3) is 0.375. The Labute approximate surface area is 143 Å². The molecule has 5 heteroatoms. The number of benzene rings is 1. The van der Waals surface area contributed by atoms with E-state index in [2.05, 4.69) is 81.3 Å². The van der Waals surface area contributed by atoms with E-state index < -0.39 is 0 Å². The molecule has 2 rings (SSSR count). The number of hydrogen-bond donors (Lipinski definition) is 1. The number of rotatable bonds is 6. The van der Waals surface area contributed by atoms with Crippen molar-refractivity contribution in [2.24, 2.45) is 0 Å². The Kier molecular flexibility index (Phi) is 6.05. The van der Waals surface area contributed by atoms with Crippen LogP contribution in [-0.4, -0.2) is 25.5 Å². The monoisotopic (exact) mass is 414 g/mol. The first-order chi connectivity index (χ1) is 9.99. The number of nitrogens with zero attached hydrogens (tertiary/aromatic N) is 1. The number of hydrogen-bond acceptors (Lipinski definition) is 3. The van der Waals surface area contributed by atoms with Crippen LogP contribution >= 0.6 is 31.9 Å². The summed E-state index contributed by atoms with van der Waals surface area (Å²) in [5, 5.41) is 3.58. The van der Waals surface area contributed by atoms with E-state index in [0.29, 0.717) is 0 Å². The Morgan fingerprint density at radius 2 is 2.00 bits per heavy atom. The first kappa shape index (κ1) is 16.7. The maximum Gasteiger partial charge on any atom is 0.122 e. The summed E-state index contributed by atoms with van der Waals surface area (Å²) in [5.74, 6) is 0.981. The van der Waals surface area contributed by atoms with Gasteiger partial charge in [0.15, 0.2) is 0 Å². The van der Waals surface area contributed by atoms with Crippen LogP contribution in [0.2, 0.25) is 0 Å². The van der Waals surface area contributed by atoms with Crippen molar-refractivity contribution in [3.63, 3.8) is 0 Å². The highest BCUT2D eigenvalue weighted by Crippen LogP contribution is 2.27. The minimum atomic E-state index is 0.219. The lowest BCUT2D eigenvalue weighted by Crippen LogP contribution is -2.32. The zero-order chi connectivity index (χ0) is 15.4. The van der Waals surface area contributed by atoms with Crippen LogP contribution in [0.25, 0.3) is 0 Å². The summed E-state index contributed by atoms with van der Waals surface area (Å²) >= 11 is 7.11. The maximum atomic E-state index is 5.54. The molecule has 1 heterocycles. The van der Waals surface area contributed by atoms with Crippen LogP contribution in [0.5, 0.6) is 0 Å². The number of furan rings is 1. The first-order valence-electron chi connectivity index (χ1n) is 6.87. The van der Waals surface area contributed by atoms with Crippen LogP contribution in [0.4, 0.5) is 0 Å². The Morgan fingerprint density at radius 3 is 2.57 bits per heavy atom. The summed E-state index contributed by atoms with van der Waals surface area (Å²) in [7, 11) is 4.13. The molecule has 21 heavy (non-hydrogen) atoms. The van der Waals surface area contributed by atoms with Crippen LogP contribution in [0.15, 0.2) is 50.0 Å². The molecule has 0 saturated carbocycles. The van der Waals surface area contributed by atoms with Crippen molar-refractivity contribution in [1.29, 1.82) is 0 Å². The van der Waals surface area contributed by atoms with E-state index >= 15 is 0 Å². The van der Waals surface area contributed by atoms with Gasteiger partial charge in [-0.3, -0.25) is 4.90 Å². The van der Waals surface area contributed by atoms with Crippen molar-refractivity contribution in [2.45, 2.75) is 19.0 Å². The smallest absolute Gasteiger partial charge is 0.122 e. The normalized spacial score (nSPS) is 14.4. The molecule has 0 aliphatic carbocycles. The highest BCUT2D eigenvalue weighted by molar-refractivity contribution is 9.11. The molecule has 3 nitrogen and oxygen atoms in total. The molecule has 114 valence electrons. The predicted molar refractivity (Wildman–Crippen MR) is 93.4 cm³/mol. The van der Waals surface area contributed by atoms with Gasteiger partial charge in [-0.15, -0.1) is 0 Å². The molecule has 1 aromatic heterocycles. The third-order valence-electron chi connectivity index (χ3n) is 3.54. The summed E-state index contributed by atoms with van der Waals surface area (Å²) in [6.45, 7) is 2.99. The first-order valence-corrected chi connectivity index (χ1v) is 8.45. The van der Waals surface area contributed by atoms with Crippen LogP contribution < -0.4 is 5.32 Å². The zero-order valence-corrected chi connectivity index (χ0v) is 15.6. The third kappa shape index (κ3) is 4.42. The van der Waals surface area contributed by atoms with E-state index in [-0.39, 0.29) is 12.1 Å². The van der Waals surface area contributed by atoms with Gasteiger partial charge in [-0.05, 0) is 50.8 Å². The van der Waals surface area contributed by atoms with Gasteiger partial charge < -0.3 is 9.73 Å². The molecule has 0 radical (unpaired) electrons. The van der Waals surface area contributed by atoms with Gasteiger partial charge in [0, 0.05) is 21.5 Å². The van der Waals surface area contributed by atoms with Gasteiger partial charge in [0.1, 0.15) is 5.76 Å². The number of nitrogens with one attached hydrogen (secondary N) is 1. The summed E-state index contributed by atoms with van der Waals surface area (Å²) in [6.07, 6.45) is 1.72. The molecule has 0 amide bonds. The summed E-state index contributed by atoms with van der Waals surface area (Å²) < 4.78 is 7.72. The van der Waals surface area contributed by atoms with Gasteiger partial charge in [-0.1, -0.05) is 37.9 Å². The molecule has 0 aliphatic heterocycles. The van der Waals surface area contributed by atoms with E-state index in [0.717, 1.165) is 21.3 Å². The van der Waals surface area contributed by atoms with Crippen molar-refractivity contribution in [3.05, 3.63) is 56.9 Å². The molecular weight excluding hydrogens is 396 g/mol. The van der Waals surface area contributed by atoms with Gasteiger partial charge in [0.2, 0.25) is 0 Å². The van der Waals surface area contributed by atoms with Crippen molar-refractivity contribution >= 4 is 31.9 Å². The van der Waals surface area contributed by atoms with Gasteiger partial charge in [0.25, 0.3) is 0 Å². The van der Waals surface area contributed by atoms with Gasteiger partial charge in [-0.25, -0.2) is 0 Å². The molecule has 0 bridgehead atoms. The molecule has 2 unspecified atom stereocenters. The summed E-state index contributed by atoms with van der Waals surface area (Å²) in [5.41, 5.74) is 1.25. The summed E-state index contributed by atoms with van der Waals surface area (Å²) in [6, 6.07) is 10.7. The van der Waals surface area contributed by atoms with E-state index in [1.165, 1.54) is 5.56 Å². The second-order valence-electron chi connectivity index (χ2n) is 5.29. The van der Waals surface area contributed by atoms with E-state index in [1.54, 1.807) is 6.26 Å². The highest BCUT2D eigenvalue weighted by atomic mass is 79.9. The number of likely N-dealkylation sites (N-methyl/N-ethyl adjacent to an activating group) is 1. The minimum absolute atomic E-state index is 0.219. The molecule has 1 N–H and O–H groups in total. The van der Waals surface area contributed by atoms with E-state index in [4.69, 9.17) is 4.42 Å². The van der Waals surface area contributed by atoms with Gasteiger partial charge in [-0.2, -0.15) is 0 Å². The fourth-order valence-corrected chi connectivity index (χ4v) is 3.66. The SMILES string of the molecule is CC(NCC(c1ccco1)N(C)C)c1ccc(Br)cc1Br. The fourth-order valence-electron chi connectivity index (χ4n) is 2.27. The lowest BCUT2D eigenvalue weighted by Gasteiger charge is -2.25. The average Bonchev–Trinajstić information content (AvgIpc) is 2.92. The van der Waals surface area contributed by atoms with Crippen molar-refractivity contribution < 1.29 is 4.42 Å². The van der Waals surface area contributed by atoms with Crippen molar-refractivity contribution in [3.8, 4) is 0 Å². The molecular formula is C16H20Br2N2O. The second-order valence-corrected chi connectivity index (χ2v) is 7.06. The Hall–Kier alpha value is -0.620. The summed E-state index contributed by atoms with van der Waals surface area (Å²) in [4.78, 5) is 2.16. The maximum absolute atomic E-state index is 5.54. The minimum Gasteiger partial charge on any atom is -0.468 e. The van der Waals surface area contributed by atoms with Crippen LogP contribution in [-0.2, 0) is 0 Å². The Morgan fingerprint density at radius 1 is 1.24 bits per heavy atom. The molecule has 0 spiro atoms. The molecule has 0 fully saturated rings. The van der Waals surface area contributed by atoms with E-state index in [9.17, 15) is 0 Å². The molecule has 2 atom stereocenters. The molecule has 1 aromatic carbocycles. The number of halogens is 2. The molecule has 0 saturated heterocycles. The highest BCUT2D eigenvalue weighted by Gasteiger charge is 2.18. The standard InChI is InChI=1S/C16H20Br2N2O/c1-11(13-7-6-12(17)9-14(13)18)19-10-15(20(2)3)16-5-4-8-21-16/h4-9,11,15,19H,10H2,1-3H3. The van der Waals surface area contributed by atoms with Crippen LogP contribution in [0.1, 0.15) is 30.3 Å². The van der Waals surface area contributed by atoms with Crippen LogP contribution in [0, 0.1) is 0 Å². The largest absolute Gasteiger partial charge is 0.468 e. The predicted octanol–water partition coefficient (Wildman–Crippen LogP) is 4.76. The molecule has 0 aliphatic rings. The quantitative estimate of drug-likeness (QED) is 0.737. The molecule has 2 aromatic rings.